The molecule has 0 radical (unpaired) electrons. The summed E-state index contributed by atoms with van der Waals surface area (Å²) in [5.74, 6) is 0. The van der Waals surface area contributed by atoms with Crippen LogP contribution in [-0.2, 0) is 31.6 Å². The van der Waals surface area contributed by atoms with Gasteiger partial charge in [-0.05, 0) is 12.2 Å². The largest absolute Gasteiger partial charge is 0.490 e. The molecular weight excluding hydrogens is 469 g/mol. The maximum Gasteiger partial charge on any atom is 0.490 e. The first kappa shape index (κ1) is 23.7. The van der Waals surface area contributed by atoms with Crippen LogP contribution >= 0.6 is 35.7 Å². The summed E-state index contributed by atoms with van der Waals surface area (Å²) >= 11 is 4.95. The van der Waals surface area contributed by atoms with Gasteiger partial charge in [-0.1, -0.05) is 0 Å². The van der Waals surface area contributed by atoms with Crippen molar-refractivity contribution in [3.63, 3.8) is 0 Å². The summed E-state index contributed by atoms with van der Waals surface area (Å²) in [4.78, 5) is 48.9. The van der Waals surface area contributed by atoms with Crippen LogP contribution in [0.15, 0.2) is 17.1 Å². The first-order chi connectivity index (χ1) is 12.7. The first-order valence-corrected chi connectivity index (χ1v) is 12.0. The molecule has 1 fully saturated rings. The lowest BCUT2D eigenvalue weighted by atomic mass is 10.2. The topological polar surface area (TPSA) is 227 Å². The Labute approximate surface area is 160 Å². The molecule has 0 aromatic carbocycles. The van der Waals surface area contributed by atoms with E-state index >= 15 is 0 Å². The van der Waals surface area contributed by atoms with Crippen LogP contribution in [0.1, 0.15) is 12.6 Å². The van der Waals surface area contributed by atoms with E-state index in [9.17, 15) is 28.5 Å². The highest BCUT2D eigenvalue weighted by atomic mass is 32.1. The molecule has 0 spiro atoms. The molecule has 0 bridgehead atoms. The summed E-state index contributed by atoms with van der Waals surface area (Å²) in [6.07, 6.45) is -2.00. The number of H-pyrrole nitrogens is 1. The maximum atomic E-state index is 11.7. The van der Waals surface area contributed by atoms with Crippen molar-refractivity contribution >= 4 is 35.7 Å². The van der Waals surface area contributed by atoms with Crippen LogP contribution in [0, 0.1) is 4.77 Å². The van der Waals surface area contributed by atoms with Crippen molar-refractivity contribution in [2.24, 2.45) is 0 Å². The molecule has 0 aliphatic carbocycles. The van der Waals surface area contributed by atoms with E-state index in [0.29, 0.717) is 0 Å². The standard InChI is InChI=1S/C9H15N2O13P3S/c12-5-3-8(11-2-1-7(13)10-9(11)28)22-6(5)4-21-26(17,18)24-27(19,20)23-25(14,15)16/h1-2,5-6,8,12H,3-4H2,(H,17,18)(H,19,20)(H,10,13,28)(H2,14,15,16)/t5-,6+,8+/m0/s1. The molecule has 2 unspecified atom stereocenters. The predicted octanol–water partition coefficient (Wildman–Crippen LogP) is -0.102. The highest BCUT2D eigenvalue weighted by Gasteiger charge is 2.42. The van der Waals surface area contributed by atoms with E-state index in [1.54, 1.807) is 0 Å². The van der Waals surface area contributed by atoms with Crippen molar-refractivity contribution in [1.82, 2.24) is 9.55 Å². The van der Waals surface area contributed by atoms with Gasteiger partial charge < -0.3 is 29.4 Å². The number of nitrogens with zero attached hydrogens (tertiary/aromatic N) is 1. The third-order valence-corrected chi connectivity index (χ3v) is 7.30. The van der Waals surface area contributed by atoms with E-state index in [2.05, 4.69) is 18.1 Å². The Bertz CT molecular complexity index is 970. The van der Waals surface area contributed by atoms with Crippen LogP contribution in [0.4, 0.5) is 0 Å². The molecule has 5 atom stereocenters. The van der Waals surface area contributed by atoms with Gasteiger partial charge in [0.05, 0.1) is 12.7 Å². The predicted molar refractivity (Wildman–Crippen MR) is 90.2 cm³/mol. The minimum atomic E-state index is -5.64. The lowest BCUT2D eigenvalue weighted by Crippen LogP contribution is -2.26. The summed E-state index contributed by atoms with van der Waals surface area (Å²) in [6.45, 7) is -0.808. The number of aliphatic hydroxyl groups is 1. The monoisotopic (exact) mass is 484 g/mol. The van der Waals surface area contributed by atoms with Gasteiger partial charge in [0, 0.05) is 18.7 Å². The van der Waals surface area contributed by atoms with Gasteiger partial charge >= 0.3 is 23.5 Å². The zero-order valence-electron chi connectivity index (χ0n) is 13.5. The van der Waals surface area contributed by atoms with Crippen molar-refractivity contribution < 1.29 is 56.3 Å². The molecule has 1 aliphatic heterocycles. The Morgan fingerprint density at radius 1 is 1.21 bits per heavy atom. The van der Waals surface area contributed by atoms with Gasteiger partial charge in [-0.15, -0.1) is 0 Å². The Hall–Kier alpha value is -0.570. The Morgan fingerprint density at radius 2 is 1.86 bits per heavy atom. The summed E-state index contributed by atoms with van der Waals surface area (Å²) in [5, 5.41) is 9.98. The minimum Gasteiger partial charge on any atom is -0.390 e. The second-order valence-electron chi connectivity index (χ2n) is 5.34. The van der Waals surface area contributed by atoms with Crippen molar-refractivity contribution in [2.75, 3.05) is 6.61 Å². The molecule has 2 heterocycles. The van der Waals surface area contributed by atoms with Crippen molar-refractivity contribution in [3.05, 3.63) is 27.4 Å². The average molecular weight is 484 g/mol. The smallest absolute Gasteiger partial charge is 0.390 e. The average Bonchev–Trinajstić information content (AvgIpc) is 2.82. The van der Waals surface area contributed by atoms with Crippen LogP contribution in [0.3, 0.4) is 0 Å². The van der Waals surface area contributed by atoms with Crippen LogP contribution in [0.25, 0.3) is 0 Å². The first-order valence-electron chi connectivity index (χ1n) is 7.11. The number of ether oxygens (including phenoxy) is 1. The SMILES string of the molecule is O=c1ccn([C@H]2C[C@H](O)[C@@H](COP(=O)(O)OP(=O)(O)OP(=O)(O)O)O2)c(=S)[nH]1. The van der Waals surface area contributed by atoms with Gasteiger partial charge in [0.25, 0.3) is 5.56 Å². The minimum absolute atomic E-state index is 0.00163. The molecule has 0 amide bonds. The summed E-state index contributed by atoms with van der Waals surface area (Å²) in [7, 11) is -16.5. The van der Waals surface area contributed by atoms with Gasteiger partial charge in [0.1, 0.15) is 12.3 Å². The molecule has 1 aromatic rings. The quantitative estimate of drug-likeness (QED) is 0.209. The Kier molecular flexibility index (Phi) is 7.33. The van der Waals surface area contributed by atoms with Gasteiger partial charge in [-0.3, -0.25) is 18.9 Å². The third kappa shape index (κ3) is 7.04. The second kappa shape index (κ2) is 8.66. The van der Waals surface area contributed by atoms with Gasteiger partial charge in [0.15, 0.2) is 4.77 Å². The molecular formula is C9H15N2O13P3S. The number of phosphoric ester groups is 1. The number of rotatable bonds is 8. The fourth-order valence-electron chi connectivity index (χ4n) is 2.16. The normalized spacial score (nSPS) is 27.2. The molecule has 1 saturated heterocycles. The van der Waals surface area contributed by atoms with Crippen LogP contribution in [0.2, 0.25) is 0 Å². The van der Waals surface area contributed by atoms with Gasteiger partial charge in [0.2, 0.25) is 0 Å². The zero-order valence-corrected chi connectivity index (χ0v) is 17.0. The van der Waals surface area contributed by atoms with E-state index in [-0.39, 0.29) is 11.2 Å². The van der Waals surface area contributed by atoms with E-state index in [4.69, 9.17) is 31.6 Å². The second-order valence-corrected chi connectivity index (χ2v) is 10.1. The highest BCUT2D eigenvalue weighted by molar-refractivity contribution is 7.71. The fraction of sp³-hybridized carbons (Fsp3) is 0.556. The highest BCUT2D eigenvalue weighted by Crippen LogP contribution is 2.66. The molecule has 160 valence electrons. The van der Waals surface area contributed by atoms with Crippen molar-refractivity contribution in [2.45, 2.75) is 24.9 Å². The summed E-state index contributed by atoms with van der Waals surface area (Å²) in [6, 6.07) is 1.16. The number of phosphoric acid groups is 3. The number of nitrogens with one attached hydrogen (secondary N) is 1. The van der Waals surface area contributed by atoms with E-state index in [0.717, 1.165) is 6.07 Å². The molecule has 1 aliphatic rings. The summed E-state index contributed by atoms with van der Waals surface area (Å²) < 4.78 is 51.7. The molecule has 1 aromatic heterocycles. The van der Waals surface area contributed by atoms with Crippen LogP contribution in [0.5, 0.6) is 0 Å². The summed E-state index contributed by atoms with van der Waals surface area (Å²) in [5.41, 5.74) is -0.455. The van der Waals surface area contributed by atoms with Crippen LogP contribution in [-0.4, -0.2) is 53.0 Å². The molecule has 19 heteroatoms. The van der Waals surface area contributed by atoms with Crippen molar-refractivity contribution in [1.29, 1.82) is 0 Å². The maximum absolute atomic E-state index is 11.7. The molecule has 28 heavy (non-hydrogen) atoms. The number of hydrogen-bond donors (Lipinski definition) is 6. The van der Waals surface area contributed by atoms with Gasteiger partial charge in [-0.25, -0.2) is 13.7 Å². The van der Waals surface area contributed by atoms with Gasteiger partial charge in [-0.2, -0.15) is 8.62 Å². The van der Waals surface area contributed by atoms with Crippen LogP contribution < -0.4 is 5.56 Å². The van der Waals surface area contributed by atoms with E-state index in [1.807, 2.05) is 0 Å². The van der Waals surface area contributed by atoms with Crippen molar-refractivity contribution in [3.8, 4) is 0 Å². The lowest BCUT2D eigenvalue weighted by Gasteiger charge is -2.19. The number of aromatic amines is 1. The Morgan fingerprint density at radius 3 is 2.43 bits per heavy atom. The molecule has 6 N–H and O–H groups in total. The Balaban J connectivity index is 1.99. The zero-order chi connectivity index (χ0) is 21.3. The molecule has 15 nitrogen and oxygen atoms in total. The van der Waals surface area contributed by atoms with E-state index < -0.39 is 54.1 Å². The third-order valence-electron chi connectivity index (χ3n) is 3.18. The molecule has 0 saturated carbocycles. The lowest BCUT2D eigenvalue weighted by molar-refractivity contribution is -0.0444. The number of aromatic nitrogens is 2. The number of hydrogen-bond acceptors (Lipinski definition) is 10. The number of aliphatic hydroxyl groups excluding tert-OH is 1. The van der Waals surface area contributed by atoms with E-state index in [1.165, 1.54) is 10.8 Å². The molecule has 2 rings (SSSR count). The fourth-order valence-corrected chi connectivity index (χ4v) is 5.47.